The fourth-order valence-electron chi connectivity index (χ4n) is 0.557. The Hall–Kier alpha value is -0.590. The summed E-state index contributed by atoms with van der Waals surface area (Å²) in [6, 6.07) is 0. The van der Waals surface area contributed by atoms with Gasteiger partial charge >= 0.3 is 0 Å². The Kier molecular flexibility index (Phi) is 5.18. The van der Waals surface area contributed by atoms with E-state index in [1.165, 1.54) is 12.2 Å². The van der Waals surface area contributed by atoms with Crippen molar-refractivity contribution in [3.8, 4) is 0 Å². The number of hydrogen-bond acceptors (Lipinski definition) is 0. The van der Waals surface area contributed by atoms with Crippen molar-refractivity contribution >= 4 is 0 Å². The lowest BCUT2D eigenvalue weighted by Crippen LogP contribution is -1.73. The van der Waals surface area contributed by atoms with E-state index in [2.05, 4.69) is 6.58 Å². The van der Waals surface area contributed by atoms with Crippen molar-refractivity contribution in [1.82, 2.24) is 0 Å². The molecule has 0 fully saturated rings. The largest absolute Gasteiger partial charge is 0.212 e. The van der Waals surface area contributed by atoms with Crippen molar-refractivity contribution in [2.24, 2.45) is 0 Å². The number of unbranched alkanes of at least 4 members (excludes halogenated alkanes) is 1. The summed E-state index contributed by atoms with van der Waals surface area (Å²) in [5, 5.41) is 0. The number of halogens is 1. The molecule has 0 bridgehead atoms. The van der Waals surface area contributed by atoms with Crippen molar-refractivity contribution < 1.29 is 4.39 Å². The van der Waals surface area contributed by atoms with E-state index in [1.807, 2.05) is 6.92 Å². The molecule has 0 saturated carbocycles. The molecule has 0 aromatic carbocycles. The van der Waals surface area contributed by atoms with E-state index in [1.54, 1.807) is 0 Å². The fraction of sp³-hybridized carbons (Fsp3) is 0.500. The summed E-state index contributed by atoms with van der Waals surface area (Å²) in [4.78, 5) is 0. The molecular weight excluding hydrogens is 115 g/mol. The standard InChI is InChI=1S/C8H13F/c1-3-5-7-8(9)6-4-2/h4,6H,2-3,5,7H2,1H3/b8-6+. The minimum atomic E-state index is -0.0631. The summed E-state index contributed by atoms with van der Waals surface area (Å²) >= 11 is 0. The molecule has 0 atom stereocenters. The van der Waals surface area contributed by atoms with Crippen molar-refractivity contribution in [1.29, 1.82) is 0 Å². The van der Waals surface area contributed by atoms with Crippen LogP contribution in [-0.2, 0) is 0 Å². The highest BCUT2D eigenvalue weighted by molar-refractivity contribution is 5.02. The van der Waals surface area contributed by atoms with Gasteiger partial charge in [0.15, 0.2) is 0 Å². The van der Waals surface area contributed by atoms with Gasteiger partial charge in [-0.2, -0.15) is 0 Å². The van der Waals surface area contributed by atoms with E-state index in [4.69, 9.17) is 0 Å². The predicted octanol–water partition coefficient (Wildman–Crippen LogP) is 3.22. The van der Waals surface area contributed by atoms with Crippen LogP contribution in [0.4, 0.5) is 4.39 Å². The van der Waals surface area contributed by atoms with E-state index >= 15 is 0 Å². The third kappa shape index (κ3) is 5.28. The summed E-state index contributed by atoms with van der Waals surface area (Å²) in [5.74, 6) is -0.0631. The molecule has 0 saturated heterocycles. The number of hydrogen-bond donors (Lipinski definition) is 0. The van der Waals surface area contributed by atoms with Crippen LogP contribution >= 0.6 is 0 Å². The molecule has 0 N–H and O–H groups in total. The first-order chi connectivity index (χ1) is 4.31. The lowest BCUT2D eigenvalue weighted by Gasteiger charge is -1.90. The van der Waals surface area contributed by atoms with Crippen LogP contribution in [0.3, 0.4) is 0 Å². The topological polar surface area (TPSA) is 0 Å². The minimum absolute atomic E-state index is 0.0631. The average molecular weight is 128 g/mol. The Labute approximate surface area is 56.1 Å². The molecule has 0 spiro atoms. The molecule has 0 amide bonds. The van der Waals surface area contributed by atoms with Crippen molar-refractivity contribution in [2.75, 3.05) is 0 Å². The van der Waals surface area contributed by atoms with Gasteiger partial charge in [-0.05, 0) is 18.9 Å². The number of allylic oxidation sites excluding steroid dienone is 3. The zero-order valence-corrected chi connectivity index (χ0v) is 5.86. The summed E-state index contributed by atoms with van der Waals surface area (Å²) in [6.45, 7) is 5.44. The Morgan fingerprint density at radius 1 is 1.67 bits per heavy atom. The van der Waals surface area contributed by atoms with Crippen LogP contribution in [0.5, 0.6) is 0 Å². The van der Waals surface area contributed by atoms with Crippen molar-refractivity contribution in [3.63, 3.8) is 0 Å². The maximum atomic E-state index is 12.4. The SMILES string of the molecule is C=C/C=C(/F)CCCC. The van der Waals surface area contributed by atoms with Crippen molar-refractivity contribution in [3.05, 3.63) is 24.6 Å². The summed E-state index contributed by atoms with van der Waals surface area (Å²) < 4.78 is 12.4. The van der Waals surface area contributed by atoms with Crippen LogP contribution in [0.25, 0.3) is 0 Å². The molecule has 52 valence electrons. The van der Waals surface area contributed by atoms with Gasteiger partial charge in [0.1, 0.15) is 0 Å². The van der Waals surface area contributed by atoms with E-state index in [0.717, 1.165) is 12.8 Å². The Morgan fingerprint density at radius 2 is 2.33 bits per heavy atom. The van der Waals surface area contributed by atoms with Gasteiger partial charge < -0.3 is 0 Å². The molecule has 0 rings (SSSR count). The molecule has 0 aromatic rings. The fourth-order valence-corrected chi connectivity index (χ4v) is 0.557. The Balaban J connectivity index is 3.36. The quantitative estimate of drug-likeness (QED) is 0.510. The number of rotatable bonds is 4. The van der Waals surface area contributed by atoms with Crippen LogP contribution < -0.4 is 0 Å². The van der Waals surface area contributed by atoms with E-state index in [-0.39, 0.29) is 5.83 Å². The molecule has 0 nitrogen and oxygen atoms in total. The average Bonchev–Trinajstić information content (AvgIpc) is 1.85. The zero-order chi connectivity index (χ0) is 7.11. The maximum Gasteiger partial charge on any atom is 0.0999 e. The lowest BCUT2D eigenvalue weighted by molar-refractivity contribution is 0.570. The van der Waals surface area contributed by atoms with Crippen LogP contribution in [0.2, 0.25) is 0 Å². The zero-order valence-electron chi connectivity index (χ0n) is 5.86. The second-order valence-corrected chi connectivity index (χ2v) is 1.95. The first-order valence-electron chi connectivity index (χ1n) is 3.28. The molecular formula is C8H13F. The molecule has 0 aliphatic heterocycles. The minimum Gasteiger partial charge on any atom is -0.212 e. The molecule has 0 aliphatic rings. The van der Waals surface area contributed by atoms with Crippen LogP contribution in [0.1, 0.15) is 26.2 Å². The van der Waals surface area contributed by atoms with Gasteiger partial charge in [-0.15, -0.1) is 0 Å². The highest BCUT2D eigenvalue weighted by atomic mass is 19.1. The Bertz CT molecular complexity index is 103. The highest BCUT2D eigenvalue weighted by Crippen LogP contribution is 2.07. The van der Waals surface area contributed by atoms with Gasteiger partial charge in [-0.1, -0.05) is 26.0 Å². The van der Waals surface area contributed by atoms with E-state index < -0.39 is 0 Å². The molecule has 9 heavy (non-hydrogen) atoms. The van der Waals surface area contributed by atoms with Crippen LogP contribution in [0.15, 0.2) is 24.6 Å². The Morgan fingerprint density at radius 3 is 2.78 bits per heavy atom. The third-order valence-corrected chi connectivity index (χ3v) is 1.07. The summed E-state index contributed by atoms with van der Waals surface area (Å²) in [5.41, 5.74) is 0. The van der Waals surface area contributed by atoms with E-state index in [0.29, 0.717) is 6.42 Å². The van der Waals surface area contributed by atoms with Gasteiger partial charge in [0.2, 0.25) is 0 Å². The van der Waals surface area contributed by atoms with Crippen LogP contribution in [0, 0.1) is 0 Å². The molecule has 0 radical (unpaired) electrons. The second-order valence-electron chi connectivity index (χ2n) is 1.95. The van der Waals surface area contributed by atoms with Gasteiger partial charge in [0, 0.05) is 0 Å². The summed E-state index contributed by atoms with van der Waals surface area (Å²) in [7, 11) is 0. The molecule has 0 unspecified atom stereocenters. The lowest BCUT2D eigenvalue weighted by atomic mass is 10.2. The second kappa shape index (κ2) is 5.54. The predicted molar refractivity (Wildman–Crippen MR) is 38.9 cm³/mol. The smallest absolute Gasteiger partial charge is 0.0999 e. The van der Waals surface area contributed by atoms with Gasteiger partial charge in [0.25, 0.3) is 0 Å². The molecule has 1 heteroatoms. The van der Waals surface area contributed by atoms with Gasteiger partial charge in [-0.25, -0.2) is 4.39 Å². The van der Waals surface area contributed by atoms with E-state index in [9.17, 15) is 4.39 Å². The third-order valence-electron chi connectivity index (χ3n) is 1.07. The first kappa shape index (κ1) is 8.41. The van der Waals surface area contributed by atoms with Crippen LogP contribution in [-0.4, -0.2) is 0 Å². The van der Waals surface area contributed by atoms with Gasteiger partial charge in [0.05, 0.1) is 5.83 Å². The molecule has 0 heterocycles. The highest BCUT2D eigenvalue weighted by Gasteiger charge is 1.89. The monoisotopic (exact) mass is 128 g/mol. The maximum absolute atomic E-state index is 12.4. The summed E-state index contributed by atoms with van der Waals surface area (Å²) in [6.07, 6.45) is 5.41. The normalized spacial score (nSPS) is 11.6. The molecule has 0 aliphatic carbocycles. The molecule has 0 aromatic heterocycles. The van der Waals surface area contributed by atoms with Crippen molar-refractivity contribution in [2.45, 2.75) is 26.2 Å². The first-order valence-corrected chi connectivity index (χ1v) is 3.28. The van der Waals surface area contributed by atoms with Gasteiger partial charge in [-0.3, -0.25) is 0 Å².